The Morgan fingerprint density at radius 1 is 1.33 bits per heavy atom. The van der Waals surface area contributed by atoms with Gasteiger partial charge in [0.25, 0.3) is 0 Å². The average Bonchev–Trinajstić information content (AvgIpc) is 2.35. The Bertz CT molecular complexity index is 380. The third-order valence-electron chi connectivity index (χ3n) is 4.41. The van der Waals surface area contributed by atoms with Crippen molar-refractivity contribution in [3.05, 3.63) is 0 Å². The molecule has 0 radical (unpaired) electrons. The van der Waals surface area contributed by atoms with Gasteiger partial charge in [-0.15, -0.1) is 0 Å². The fourth-order valence-corrected chi connectivity index (χ4v) is 3.22. The first-order valence-electron chi connectivity index (χ1n) is 7.86. The Balaban J connectivity index is 2.35. The molecule has 0 aromatic carbocycles. The first kappa shape index (κ1) is 18.0. The molecule has 1 aliphatic carbocycles. The molecule has 1 rings (SSSR count). The number of nitrogens with one attached hydrogen (secondary N) is 2. The number of amides is 2. The van der Waals surface area contributed by atoms with Gasteiger partial charge in [0.05, 0.1) is 6.54 Å². The Morgan fingerprint density at radius 3 is 2.48 bits per heavy atom. The first-order chi connectivity index (χ1) is 9.62. The van der Waals surface area contributed by atoms with Gasteiger partial charge in [0.1, 0.15) is 6.04 Å². The van der Waals surface area contributed by atoms with Gasteiger partial charge in [0.15, 0.2) is 0 Å². The predicted octanol–water partition coefficient (Wildman–Crippen LogP) is 1.38. The van der Waals surface area contributed by atoms with Crippen LogP contribution >= 0.6 is 0 Å². The molecule has 21 heavy (non-hydrogen) atoms. The summed E-state index contributed by atoms with van der Waals surface area (Å²) in [5, 5.41) is 6.08. The molecule has 1 fully saturated rings. The molecule has 5 nitrogen and oxygen atoms in total. The van der Waals surface area contributed by atoms with E-state index in [0.717, 1.165) is 6.42 Å². The second kappa shape index (κ2) is 7.25. The topological polar surface area (TPSA) is 61.4 Å². The molecule has 0 unspecified atom stereocenters. The van der Waals surface area contributed by atoms with Crippen molar-refractivity contribution in [3.63, 3.8) is 0 Å². The number of carbonyl (C=O) groups is 2. The molecule has 2 amide bonds. The summed E-state index contributed by atoms with van der Waals surface area (Å²) in [6.45, 7) is 8.85. The quantitative estimate of drug-likeness (QED) is 0.806. The Hall–Kier alpha value is -1.10. The van der Waals surface area contributed by atoms with Gasteiger partial charge in [-0.3, -0.25) is 9.59 Å². The molecule has 0 heterocycles. The van der Waals surface area contributed by atoms with Crippen molar-refractivity contribution in [1.82, 2.24) is 15.5 Å². The molecule has 1 aliphatic rings. The van der Waals surface area contributed by atoms with Crippen LogP contribution in [0.4, 0.5) is 0 Å². The standard InChI is InChI=1S/C16H31N3O2/c1-11-9-16(3,4)8-7-13(11)17-10-14(20)18-12(2)15(21)19(5)6/h11-13,17H,7-10H2,1-6H3,(H,18,20)/t11-,12-,13-/m0/s1. The third-order valence-corrected chi connectivity index (χ3v) is 4.41. The maximum atomic E-state index is 11.9. The first-order valence-corrected chi connectivity index (χ1v) is 7.86. The molecule has 0 spiro atoms. The molecule has 0 aromatic heterocycles. The zero-order valence-corrected chi connectivity index (χ0v) is 14.3. The van der Waals surface area contributed by atoms with E-state index in [-0.39, 0.29) is 18.4 Å². The van der Waals surface area contributed by atoms with Gasteiger partial charge in [0, 0.05) is 20.1 Å². The van der Waals surface area contributed by atoms with E-state index in [4.69, 9.17) is 0 Å². The number of hydrogen-bond acceptors (Lipinski definition) is 3. The van der Waals surface area contributed by atoms with E-state index < -0.39 is 6.04 Å². The maximum Gasteiger partial charge on any atom is 0.244 e. The van der Waals surface area contributed by atoms with E-state index in [2.05, 4.69) is 31.4 Å². The van der Waals surface area contributed by atoms with E-state index in [9.17, 15) is 9.59 Å². The SMILES string of the molecule is C[C@H](NC(=O)CN[C@H]1CCC(C)(C)C[C@@H]1C)C(=O)N(C)C. The summed E-state index contributed by atoms with van der Waals surface area (Å²) >= 11 is 0. The molecule has 1 saturated carbocycles. The number of carbonyl (C=O) groups excluding carboxylic acids is 2. The van der Waals surface area contributed by atoms with Crippen LogP contribution in [0.3, 0.4) is 0 Å². The molecular weight excluding hydrogens is 266 g/mol. The minimum Gasteiger partial charge on any atom is -0.347 e. The lowest BCUT2D eigenvalue weighted by Crippen LogP contribution is -2.49. The minimum atomic E-state index is -0.475. The molecule has 0 aromatic rings. The van der Waals surface area contributed by atoms with Gasteiger partial charge in [-0.2, -0.15) is 0 Å². The average molecular weight is 297 g/mol. The third kappa shape index (κ3) is 5.65. The van der Waals surface area contributed by atoms with Gasteiger partial charge in [-0.05, 0) is 37.5 Å². The number of hydrogen-bond donors (Lipinski definition) is 2. The zero-order chi connectivity index (χ0) is 16.2. The highest BCUT2D eigenvalue weighted by molar-refractivity contribution is 5.87. The van der Waals surface area contributed by atoms with Crippen LogP contribution in [0.5, 0.6) is 0 Å². The molecule has 0 aliphatic heterocycles. The highest BCUT2D eigenvalue weighted by atomic mass is 16.2. The second-order valence-corrected chi connectivity index (χ2v) is 7.39. The molecule has 0 saturated heterocycles. The van der Waals surface area contributed by atoms with E-state index in [1.54, 1.807) is 21.0 Å². The fourth-order valence-electron chi connectivity index (χ4n) is 3.22. The summed E-state index contributed by atoms with van der Waals surface area (Å²) in [5.74, 6) is 0.369. The lowest BCUT2D eigenvalue weighted by atomic mass is 9.70. The van der Waals surface area contributed by atoms with Crippen molar-refractivity contribution >= 4 is 11.8 Å². The van der Waals surface area contributed by atoms with Gasteiger partial charge >= 0.3 is 0 Å². The van der Waals surface area contributed by atoms with E-state index in [1.807, 2.05) is 0 Å². The van der Waals surface area contributed by atoms with Gasteiger partial charge in [0.2, 0.25) is 11.8 Å². The summed E-state index contributed by atoms with van der Waals surface area (Å²) in [6.07, 6.45) is 3.47. The van der Waals surface area contributed by atoms with Crippen molar-refractivity contribution in [2.45, 2.75) is 59.0 Å². The smallest absolute Gasteiger partial charge is 0.244 e. The summed E-state index contributed by atoms with van der Waals surface area (Å²) < 4.78 is 0. The molecule has 3 atom stereocenters. The Labute approximate surface area is 128 Å². The number of likely N-dealkylation sites (N-methyl/N-ethyl adjacent to an activating group) is 1. The van der Waals surface area contributed by atoms with Crippen molar-refractivity contribution < 1.29 is 9.59 Å². The summed E-state index contributed by atoms with van der Waals surface area (Å²) in [7, 11) is 3.38. The lowest BCUT2D eigenvalue weighted by molar-refractivity contribution is -0.133. The monoisotopic (exact) mass is 297 g/mol. The van der Waals surface area contributed by atoms with Gasteiger partial charge < -0.3 is 15.5 Å². The molecule has 5 heteroatoms. The fraction of sp³-hybridized carbons (Fsp3) is 0.875. The van der Waals surface area contributed by atoms with Crippen LogP contribution in [0.25, 0.3) is 0 Å². The highest BCUT2D eigenvalue weighted by Gasteiger charge is 2.32. The summed E-state index contributed by atoms with van der Waals surface area (Å²) in [4.78, 5) is 25.1. The van der Waals surface area contributed by atoms with Gasteiger partial charge in [-0.25, -0.2) is 0 Å². The van der Waals surface area contributed by atoms with E-state index >= 15 is 0 Å². The molecule has 0 bridgehead atoms. The molecule has 2 N–H and O–H groups in total. The van der Waals surface area contributed by atoms with Crippen LogP contribution in [-0.2, 0) is 9.59 Å². The predicted molar refractivity (Wildman–Crippen MR) is 84.9 cm³/mol. The minimum absolute atomic E-state index is 0.0869. The van der Waals surface area contributed by atoms with Crippen LogP contribution in [-0.4, -0.2) is 49.4 Å². The van der Waals surface area contributed by atoms with Crippen LogP contribution in [0.2, 0.25) is 0 Å². The summed E-state index contributed by atoms with van der Waals surface area (Å²) in [6, 6.07) is -0.0827. The van der Waals surface area contributed by atoms with Crippen molar-refractivity contribution in [2.75, 3.05) is 20.6 Å². The van der Waals surface area contributed by atoms with Crippen molar-refractivity contribution in [2.24, 2.45) is 11.3 Å². The Morgan fingerprint density at radius 2 is 1.95 bits per heavy atom. The molecule has 122 valence electrons. The van der Waals surface area contributed by atoms with Gasteiger partial charge in [-0.1, -0.05) is 20.8 Å². The number of nitrogens with zero attached hydrogens (tertiary/aromatic N) is 1. The van der Waals surface area contributed by atoms with E-state index in [1.165, 1.54) is 17.7 Å². The van der Waals surface area contributed by atoms with Crippen LogP contribution < -0.4 is 10.6 Å². The van der Waals surface area contributed by atoms with Crippen LogP contribution in [0.1, 0.15) is 47.0 Å². The summed E-state index contributed by atoms with van der Waals surface area (Å²) in [5.41, 5.74) is 0.409. The molecular formula is C16H31N3O2. The second-order valence-electron chi connectivity index (χ2n) is 7.39. The number of rotatable bonds is 5. The maximum absolute atomic E-state index is 11.9. The largest absolute Gasteiger partial charge is 0.347 e. The highest BCUT2D eigenvalue weighted by Crippen LogP contribution is 2.38. The van der Waals surface area contributed by atoms with E-state index in [0.29, 0.717) is 17.4 Å². The lowest BCUT2D eigenvalue weighted by Gasteiger charge is -2.39. The normalized spacial score (nSPS) is 26.0. The van der Waals surface area contributed by atoms with Crippen LogP contribution in [0.15, 0.2) is 0 Å². The Kier molecular flexibility index (Phi) is 6.20. The van der Waals surface area contributed by atoms with Crippen LogP contribution in [0, 0.1) is 11.3 Å². The van der Waals surface area contributed by atoms with Crippen molar-refractivity contribution in [1.29, 1.82) is 0 Å². The zero-order valence-electron chi connectivity index (χ0n) is 14.3. The van der Waals surface area contributed by atoms with Crippen molar-refractivity contribution in [3.8, 4) is 0 Å².